The van der Waals surface area contributed by atoms with Gasteiger partial charge >= 0.3 is 6.09 Å². The number of anilines is 1. The molecule has 120 valence electrons. The number of carbonyl (C=O) groups is 2. The number of hydrogen-bond acceptors (Lipinski definition) is 5. The third-order valence-corrected chi connectivity index (χ3v) is 3.83. The van der Waals surface area contributed by atoms with Gasteiger partial charge in [-0.05, 0) is 18.6 Å². The number of carbonyl (C=O) groups excluding carboxylic acids is 1. The van der Waals surface area contributed by atoms with E-state index in [0.29, 0.717) is 25.5 Å². The summed E-state index contributed by atoms with van der Waals surface area (Å²) < 4.78 is 5.11. The van der Waals surface area contributed by atoms with Gasteiger partial charge in [0.05, 0.1) is 13.2 Å². The molecule has 8 heteroatoms. The predicted octanol–water partition coefficient (Wildman–Crippen LogP) is 0.768. The average molecular weight is 308 g/mol. The molecule has 1 atom stereocenters. The minimum atomic E-state index is -0.902. The highest BCUT2D eigenvalue weighted by Crippen LogP contribution is 2.23. The van der Waals surface area contributed by atoms with Crippen LogP contribution in [0.2, 0.25) is 0 Å². The first-order valence-corrected chi connectivity index (χ1v) is 7.07. The summed E-state index contributed by atoms with van der Waals surface area (Å²) in [6.07, 6.45) is -0.180. The van der Waals surface area contributed by atoms with Crippen LogP contribution in [0.5, 0.6) is 5.88 Å². The smallest absolute Gasteiger partial charge is 0.407 e. The largest absolute Gasteiger partial charge is 0.480 e. The van der Waals surface area contributed by atoms with Crippen LogP contribution < -0.4 is 15.4 Å². The molecule has 0 bridgehead atoms. The van der Waals surface area contributed by atoms with Gasteiger partial charge in [0, 0.05) is 19.6 Å². The Hall–Kier alpha value is -2.51. The van der Waals surface area contributed by atoms with E-state index in [1.54, 1.807) is 12.1 Å². The molecule has 1 unspecified atom stereocenters. The number of primary amides is 1. The van der Waals surface area contributed by atoms with E-state index >= 15 is 0 Å². The Bertz CT molecular complexity index is 578. The van der Waals surface area contributed by atoms with Crippen LogP contribution in [0.25, 0.3) is 0 Å². The Kier molecular flexibility index (Phi) is 4.69. The number of rotatable bonds is 4. The maximum Gasteiger partial charge on any atom is 0.407 e. The molecule has 2 rings (SSSR count). The zero-order valence-electron chi connectivity index (χ0n) is 12.7. The van der Waals surface area contributed by atoms with Crippen molar-refractivity contribution in [1.82, 2.24) is 9.88 Å². The van der Waals surface area contributed by atoms with Gasteiger partial charge in [0.1, 0.15) is 11.4 Å². The first-order valence-electron chi connectivity index (χ1n) is 7.07. The molecule has 0 spiro atoms. The highest BCUT2D eigenvalue weighted by atomic mass is 16.5. The van der Waals surface area contributed by atoms with Crippen LogP contribution >= 0.6 is 0 Å². The lowest BCUT2D eigenvalue weighted by atomic mass is 10.1. The molecule has 1 aliphatic heterocycles. The fourth-order valence-corrected chi connectivity index (χ4v) is 2.61. The summed E-state index contributed by atoms with van der Waals surface area (Å²) in [4.78, 5) is 30.3. The van der Waals surface area contributed by atoms with Gasteiger partial charge in [-0.15, -0.1) is 0 Å². The van der Waals surface area contributed by atoms with E-state index in [0.717, 1.165) is 6.42 Å². The minimum absolute atomic E-state index is 0.0881. The van der Waals surface area contributed by atoms with Crippen molar-refractivity contribution in [2.45, 2.75) is 19.4 Å². The predicted molar refractivity (Wildman–Crippen MR) is 80.3 cm³/mol. The fraction of sp³-hybridized carbons (Fsp3) is 0.500. The number of nitrogens with two attached hydrogens (primary N) is 1. The molecule has 0 radical (unpaired) electrons. The zero-order chi connectivity index (χ0) is 16.3. The van der Waals surface area contributed by atoms with E-state index in [1.165, 1.54) is 12.0 Å². The second-order valence-electron chi connectivity index (χ2n) is 5.07. The van der Waals surface area contributed by atoms with Crippen molar-refractivity contribution >= 4 is 17.8 Å². The van der Waals surface area contributed by atoms with Crippen LogP contribution in [0.1, 0.15) is 23.7 Å². The molecule has 3 N–H and O–H groups in total. The van der Waals surface area contributed by atoms with Crippen LogP contribution in [0.15, 0.2) is 12.1 Å². The molecule has 0 aliphatic carbocycles. The quantitative estimate of drug-likeness (QED) is 0.850. The Morgan fingerprint density at radius 3 is 2.73 bits per heavy atom. The van der Waals surface area contributed by atoms with Gasteiger partial charge in [-0.1, -0.05) is 6.92 Å². The molecule has 2 heterocycles. The molecular weight excluding hydrogens is 288 g/mol. The topological polar surface area (TPSA) is 109 Å². The van der Waals surface area contributed by atoms with Gasteiger partial charge in [0.25, 0.3) is 5.91 Å². The van der Waals surface area contributed by atoms with Crippen molar-refractivity contribution in [1.29, 1.82) is 0 Å². The third kappa shape index (κ3) is 3.05. The number of methoxy groups -OCH3 is 1. The van der Waals surface area contributed by atoms with E-state index < -0.39 is 12.0 Å². The van der Waals surface area contributed by atoms with E-state index in [2.05, 4.69) is 4.98 Å². The van der Waals surface area contributed by atoms with Crippen molar-refractivity contribution in [2.75, 3.05) is 31.6 Å². The third-order valence-electron chi connectivity index (χ3n) is 3.83. The Balaban J connectivity index is 2.22. The monoisotopic (exact) mass is 308 g/mol. The number of amides is 2. The lowest BCUT2D eigenvalue weighted by Gasteiger charge is -2.40. The number of carboxylic acid groups (broad SMARTS) is 1. The lowest BCUT2D eigenvalue weighted by Crippen LogP contribution is -2.55. The number of aromatic nitrogens is 1. The molecule has 0 aromatic carbocycles. The zero-order valence-corrected chi connectivity index (χ0v) is 12.7. The number of pyridine rings is 1. The summed E-state index contributed by atoms with van der Waals surface area (Å²) in [6, 6.07) is 3.19. The van der Waals surface area contributed by atoms with Crippen molar-refractivity contribution in [3.8, 4) is 5.88 Å². The molecule has 2 amide bonds. The van der Waals surface area contributed by atoms with Gasteiger partial charge in [-0.25, -0.2) is 4.79 Å². The standard InChI is InChI=1S/C14H20N4O4/c1-3-9-8-17(6-7-18(9)14(20)21)11-5-4-10(12(15)19)13(16-11)22-2/h4-5,9H,3,6-8H2,1-2H3,(H2,15,19)(H,20,21). The Morgan fingerprint density at radius 2 is 2.18 bits per heavy atom. The maximum absolute atomic E-state index is 11.3. The Labute approximate surface area is 128 Å². The van der Waals surface area contributed by atoms with Crippen molar-refractivity contribution in [3.63, 3.8) is 0 Å². The second kappa shape index (κ2) is 6.50. The highest BCUT2D eigenvalue weighted by molar-refractivity contribution is 5.95. The normalized spacial score (nSPS) is 18.2. The summed E-state index contributed by atoms with van der Waals surface area (Å²) in [5, 5.41) is 9.20. The highest BCUT2D eigenvalue weighted by Gasteiger charge is 2.30. The molecule has 1 aromatic heterocycles. The SMILES string of the molecule is CCC1CN(c2ccc(C(N)=O)c(OC)n2)CCN1C(=O)O. The number of piperazine rings is 1. The van der Waals surface area contributed by atoms with Gasteiger partial charge in [0.2, 0.25) is 5.88 Å². The van der Waals surface area contributed by atoms with Gasteiger partial charge in [-0.2, -0.15) is 4.98 Å². The average Bonchev–Trinajstić information content (AvgIpc) is 2.53. The number of hydrogen-bond donors (Lipinski definition) is 2. The van der Waals surface area contributed by atoms with Gasteiger partial charge in [-0.3, -0.25) is 4.79 Å². The van der Waals surface area contributed by atoms with E-state index in [4.69, 9.17) is 10.5 Å². The van der Waals surface area contributed by atoms with Crippen LogP contribution in [0.3, 0.4) is 0 Å². The summed E-state index contributed by atoms with van der Waals surface area (Å²) in [5.41, 5.74) is 5.49. The van der Waals surface area contributed by atoms with Crippen molar-refractivity contribution in [2.24, 2.45) is 5.73 Å². The van der Waals surface area contributed by atoms with Crippen LogP contribution in [0.4, 0.5) is 10.6 Å². The van der Waals surface area contributed by atoms with E-state index in [1.807, 2.05) is 11.8 Å². The van der Waals surface area contributed by atoms with Crippen LogP contribution in [0, 0.1) is 0 Å². The maximum atomic E-state index is 11.3. The molecule has 1 fully saturated rings. The summed E-state index contributed by atoms with van der Waals surface area (Å²) in [7, 11) is 1.43. The van der Waals surface area contributed by atoms with Crippen molar-refractivity contribution in [3.05, 3.63) is 17.7 Å². The molecule has 8 nitrogen and oxygen atoms in total. The summed E-state index contributed by atoms with van der Waals surface area (Å²) in [6.45, 7) is 3.45. The van der Waals surface area contributed by atoms with E-state index in [9.17, 15) is 14.7 Å². The second-order valence-corrected chi connectivity index (χ2v) is 5.07. The molecular formula is C14H20N4O4. The first-order chi connectivity index (χ1) is 10.5. The van der Waals surface area contributed by atoms with Gasteiger partial charge < -0.3 is 25.4 Å². The van der Waals surface area contributed by atoms with Gasteiger partial charge in [0.15, 0.2) is 0 Å². The molecule has 22 heavy (non-hydrogen) atoms. The Morgan fingerprint density at radius 1 is 1.45 bits per heavy atom. The minimum Gasteiger partial charge on any atom is -0.480 e. The molecule has 1 saturated heterocycles. The summed E-state index contributed by atoms with van der Waals surface area (Å²) >= 11 is 0. The number of nitrogens with zero attached hydrogens (tertiary/aromatic N) is 3. The first kappa shape index (κ1) is 15.9. The molecule has 1 aliphatic rings. The van der Waals surface area contributed by atoms with Crippen LogP contribution in [-0.4, -0.2) is 59.8 Å². The number of ether oxygens (including phenoxy) is 1. The van der Waals surface area contributed by atoms with Crippen LogP contribution in [-0.2, 0) is 0 Å². The fourth-order valence-electron chi connectivity index (χ4n) is 2.61. The lowest BCUT2D eigenvalue weighted by molar-refractivity contribution is 0.0996. The summed E-state index contributed by atoms with van der Waals surface area (Å²) in [5.74, 6) is 0.224. The molecule has 1 aromatic rings. The van der Waals surface area contributed by atoms with E-state index in [-0.39, 0.29) is 17.5 Å². The van der Waals surface area contributed by atoms with Crippen molar-refractivity contribution < 1.29 is 19.4 Å². The molecule has 0 saturated carbocycles.